The van der Waals surface area contributed by atoms with Gasteiger partial charge in [-0.05, 0) is 60.9 Å². The number of carbonyl (C=O) groups excluding carboxylic acids is 1. The van der Waals surface area contributed by atoms with Gasteiger partial charge in [0, 0.05) is 17.1 Å². The van der Waals surface area contributed by atoms with Crippen LogP contribution in [0.15, 0.2) is 60.7 Å². The fraction of sp³-hybridized carbons (Fsp3) is 0.240. The average molecular weight is 573 g/mol. The monoisotopic (exact) mass is 573 g/mol. The van der Waals surface area contributed by atoms with Gasteiger partial charge in [-0.2, -0.15) is 39.5 Å². The molecule has 0 saturated heterocycles. The van der Waals surface area contributed by atoms with E-state index in [2.05, 4.69) is 0 Å². The molecule has 0 bridgehead atoms. The first-order chi connectivity index (χ1) is 17.3. The van der Waals surface area contributed by atoms with E-state index in [4.69, 9.17) is 22.0 Å². The zero-order valence-electron chi connectivity index (χ0n) is 20.4. The lowest BCUT2D eigenvalue weighted by Crippen LogP contribution is -2.23. The van der Waals surface area contributed by atoms with Crippen LogP contribution in [0.5, 0.6) is 0 Å². The number of para-hydroxylation sites is 1. The minimum absolute atomic E-state index is 0. The second kappa shape index (κ2) is 13.7. The number of nitrogens with two attached hydrogens (primary N) is 3. The number of alkyl halides is 9. The van der Waals surface area contributed by atoms with Gasteiger partial charge < -0.3 is 22.0 Å². The van der Waals surface area contributed by atoms with Gasteiger partial charge >= 0.3 is 18.5 Å². The standard InChI is InChI=1S/C16H14F6N2.C7H6F3N.C2H4O.FH/c1-8-6-9(2-4-12(8)23)14(16(20,21)22)10-3-5-13(24)11(7-10)15(17,18)19;8-7(9,10)5-3-1-2-4-6(5)11;1-2-3;/h2-7,14H,23-24H2,1H3;1-4H,11H2;2H,1H3;1H. The third-order valence-corrected chi connectivity index (χ3v) is 4.94. The molecule has 39 heavy (non-hydrogen) atoms. The Morgan fingerprint density at radius 2 is 1.08 bits per heavy atom. The summed E-state index contributed by atoms with van der Waals surface area (Å²) in [6.07, 6.45) is -13.2. The van der Waals surface area contributed by atoms with Crippen molar-refractivity contribution < 1.29 is 49.0 Å². The maximum absolute atomic E-state index is 13.5. The highest BCUT2D eigenvalue weighted by Crippen LogP contribution is 2.43. The SMILES string of the molecule is CC=O.Cc1cc(C(c2ccc(N)c(C(F)(F)F)c2)C(F)(F)F)ccc1N.F.Nc1ccccc1C(F)(F)F. The van der Waals surface area contributed by atoms with Crippen molar-refractivity contribution in [1.82, 2.24) is 0 Å². The van der Waals surface area contributed by atoms with E-state index in [1.807, 2.05) is 0 Å². The van der Waals surface area contributed by atoms with E-state index < -0.39 is 46.8 Å². The summed E-state index contributed by atoms with van der Waals surface area (Å²) in [5.74, 6) is -2.21. The summed E-state index contributed by atoms with van der Waals surface area (Å²) < 4.78 is 115. The molecule has 0 saturated carbocycles. The Bertz CT molecular complexity index is 1220. The molecule has 0 amide bonds. The summed E-state index contributed by atoms with van der Waals surface area (Å²) >= 11 is 0. The highest BCUT2D eigenvalue weighted by molar-refractivity contribution is 5.54. The summed E-state index contributed by atoms with van der Waals surface area (Å²) in [4.78, 5) is 8.81. The maximum Gasteiger partial charge on any atom is 0.418 e. The molecule has 0 aliphatic carbocycles. The summed E-state index contributed by atoms with van der Waals surface area (Å²) in [7, 11) is 0. The second-order valence-electron chi connectivity index (χ2n) is 7.76. The first-order valence-electron chi connectivity index (χ1n) is 10.5. The first-order valence-corrected chi connectivity index (χ1v) is 10.5. The largest absolute Gasteiger partial charge is 0.418 e. The van der Waals surface area contributed by atoms with E-state index in [-0.39, 0.29) is 16.0 Å². The van der Waals surface area contributed by atoms with Gasteiger partial charge in [0.1, 0.15) is 12.2 Å². The number of aryl methyl sites for hydroxylation is 1. The highest BCUT2D eigenvalue weighted by atomic mass is 19.4. The molecule has 4 nitrogen and oxygen atoms in total. The van der Waals surface area contributed by atoms with E-state index in [9.17, 15) is 39.5 Å². The second-order valence-corrected chi connectivity index (χ2v) is 7.76. The molecule has 216 valence electrons. The summed E-state index contributed by atoms with van der Waals surface area (Å²) in [6.45, 7) is 2.97. The number of benzene rings is 3. The van der Waals surface area contributed by atoms with Crippen LogP contribution in [-0.4, -0.2) is 12.5 Å². The molecule has 1 atom stereocenters. The Hall–Kier alpha value is -3.97. The van der Waals surface area contributed by atoms with E-state index in [1.54, 1.807) is 0 Å². The van der Waals surface area contributed by atoms with Crippen molar-refractivity contribution >= 4 is 23.3 Å². The number of nitrogen functional groups attached to an aromatic ring is 3. The van der Waals surface area contributed by atoms with Crippen molar-refractivity contribution in [1.29, 1.82) is 0 Å². The molecule has 3 aromatic rings. The fourth-order valence-corrected chi connectivity index (χ4v) is 3.20. The first kappa shape index (κ1) is 35.0. The van der Waals surface area contributed by atoms with Gasteiger partial charge in [-0.3, -0.25) is 4.70 Å². The molecule has 0 aliphatic rings. The predicted molar refractivity (Wildman–Crippen MR) is 129 cm³/mol. The number of halogens is 10. The summed E-state index contributed by atoms with van der Waals surface area (Å²) in [6, 6.07) is 10.9. The van der Waals surface area contributed by atoms with Crippen molar-refractivity contribution in [3.63, 3.8) is 0 Å². The highest BCUT2D eigenvalue weighted by Gasteiger charge is 2.43. The topological polar surface area (TPSA) is 95.1 Å². The molecule has 0 heterocycles. The van der Waals surface area contributed by atoms with Crippen LogP contribution >= 0.6 is 0 Å². The molecule has 0 radical (unpaired) electrons. The van der Waals surface area contributed by atoms with E-state index in [1.165, 1.54) is 44.2 Å². The lowest BCUT2D eigenvalue weighted by Gasteiger charge is -2.23. The van der Waals surface area contributed by atoms with Gasteiger partial charge in [-0.25, -0.2) is 0 Å². The van der Waals surface area contributed by atoms with Crippen LogP contribution in [-0.2, 0) is 17.1 Å². The Morgan fingerprint density at radius 3 is 1.46 bits per heavy atom. The van der Waals surface area contributed by atoms with Crippen LogP contribution in [0, 0.1) is 6.92 Å². The zero-order valence-corrected chi connectivity index (χ0v) is 20.4. The van der Waals surface area contributed by atoms with Crippen molar-refractivity contribution in [2.24, 2.45) is 0 Å². The number of hydrogen-bond acceptors (Lipinski definition) is 4. The van der Waals surface area contributed by atoms with Crippen molar-refractivity contribution in [2.45, 2.75) is 38.3 Å². The molecule has 0 spiro atoms. The lowest BCUT2D eigenvalue weighted by atomic mass is 9.88. The maximum atomic E-state index is 13.5. The van der Waals surface area contributed by atoms with E-state index in [0.29, 0.717) is 17.3 Å². The van der Waals surface area contributed by atoms with Crippen LogP contribution in [0.2, 0.25) is 0 Å². The van der Waals surface area contributed by atoms with Crippen molar-refractivity contribution in [3.05, 3.63) is 88.5 Å². The Morgan fingerprint density at radius 1 is 0.667 bits per heavy atom. The van der Waals surface area contributed by atoms with Crippen LogP contribution in [0.25, 0.3) is 0 Å². The number of anilines is 3. The van der Waals surface area contributed by atoms with Crippen LogP contribution in [0.1, 0.15) is 40.7 Å². The van der Waals surface area contributed by atoms with Gasteiger partial charge in [0.2, 0.25) is 0 Å². The average Bonchev–Trinajstić information content (AvgIpc) is 2.76. The lowest BCUT2D eigenvalue weighted by molar-refractivity contribution is -0.143. The summed E-state index contributed by atoms with van der Waals surface area (Å²) in [5, 5.41) is 0. The zero-order chi connectivity index (χ0) is 29.5. The van der Waals surface area contributed by atoms with Gasteiger partial charge in [0.15, 0.2) is 0 Å². The van der Waals surface area contributed by atoms with E-state index >= 15 is 0 Å². The minimum Gasteiger partial charge on any atom is -0.399 e. The Kier molecular flexibility index (Phi) is 12.3. The van der Waals surface area contributed by atoms with Crippen LogP contribution in [0.4, 0.5) is 61.3 Å². The molecule has 6 N–H and O–H groups in total. The van der Waals surface area contributed by atoms with Crippen LogP contribution < -0.4 is 17.2 Å². The molecule has 0 aliphatic heterocycles. The third-order valence-electron chi connectivity index (χ3n) is 4.94. The molecule has 0 fully saturated rings. The molecule has 14 heteroatoms. The molecule has 3 rings (SSSR count). The smallest absolute Gasteiger partial charge is 0.399 e. The Balaban J connectivity index is 0.000000804. The van der Waals surface area contributed by atoms with E-state index in [0.717, 1.165) is 30.6 Å². The number of rotatable bonds is 2. The third kappa shape index (κ3) is 10.0. The predicted octanol–water partition coefficient (Wildman–Crippen LogP) is 7.52. The molecule has 1 unspecified atom stereocenters. The quantitative estimate of drug-likeness (QED) is 0.168. The van der Waals surface area contributed by atoms with Crippen LogP contribution in [0.3, 0.4) is 0 Å². The molecular weight excluding hydrogens is 548 g/mol. The molecule has 0 aromatic heterocycles. The number of aldehydes is 1. The molecule has 3 aromatic carbocycles. The van der Waals surface area contributed by atoms with Gasteiger partial charge in [-0.1, -0.05) is 30.3 Å². The normalized spacial score (nSPS) is 12.1. The summed E-state index contributed by atoms with van der Waals surface area (Å²) in [5.41, 5.74) is 13.0. The van der Waals surface area contributed by atoms with Gasteiger partial charge in [0.25, 0.3) is 0 Å². The van der Waals surface area contributed by atoms with Gasteiger partial charge in [0.05, 0.1) is 11.1 Å². The number of hydrogen-bond donors (Lipinski definition) is 3. The van der Waals surface area contributed by atoms with Crippen molar-refractivity contribution in [2.75, 3.05) is 17.2 Å². The fourth-order valence-electron chi connectivity index (χ4n) is 3.20. The number of carbonyl (C=O) groups is 1. The Labute approximate surface area is 217 Å². The van der Waals surface area contributed by atoms with Crippen molar-refractivity contribution in [3.8, 4) is 0 Å². The minimum atomic E-state index is -4.84. The van der Waals surface area contributed by atoms with Gasteiger partial charge in [-0.15, -0.1) is 0 Å². The molecular formula is C25H25F10N3O.